The number of benzene rings is 1. The third-order valence-electron chi connectivity index (χ3n) is 1.45. The van der Waals surface area contributed by atoms with Gasteiger partial charge in [-0.2, -0.15) is 0 Å². The summed E-state index contributed by atoms with van der Waals surface area (Å²) in [4.78, 5) is 0. The van der Waals surface area contributed by atoms with Crippen molar-refractivity contribution in [1.82, 2.24) is 0 Å². The topological polar surface area (TPSA) is 60.2 Å². The first-order valence-corrected chi connectivity index (χ1v) is 5.67. The van der Waals surface area contributed by atoms with Crippen molar-refractivity contribution in [3.63, 3.8) is 0 Å². The van der Waals surface area contributed by atoms with Crippen molar-refractivity contribution in [1.29, 1.82) is 0 Å². The second-order valence-corrected chi connectivity index (χ2v) is 4.66. The Morgan fingerprint density at radius 1 is 1.31 bits per heavy atom. The first kappa shape index (κ1) is 9.80. The second-order valence-electron chi connectivity index (χ2n) is 2.77. The molecule has 1 rings (SSSR count). The lowest BCUT2D eigenvalue weighted by Crippen LogP contribution is -2.00. The Morgan fingerprint density at radius 2 is 1.85 bits per heavy atom. The molecule has 1 aromatic carbocycles. The van der Waals surface area contributed by atoms with Crippen LogP contribution in [0.5, 0.6) is 0 Å². The molecule has 1 aromatic rings. The van der Waals surface area contributed by atoms with Gasteiger partial charge in [-0.25, -0.2) is 8.42 Å². The molecule has 0 aliphatic heterocycles. The maximum atomic E-state index is 10.9. The summed E-state index contributed by atoms with van der Waals surface area (Å²) < 4.78 is 21.7. The Labute approximate surface area is 77.8 Å². The van der Waals surface area contributed by atoms with E-state index in [9.17, 15) is 8.42 Å². The minimum Gasteiger partial charge on any atom is -0.398 e. The van der Waals surface area contributed by atoms with Crippen LogP contribution in [0.25, 0.3) is 5.70 Å². The van der Waals surface area contributed by atoms with E-state index in [0.717, 1.165) is 11.7 Å². The summed E-state index contributed by atoms with van der Waals surface area (Å²) in [5.41, 5.74) is 6.55. The Kier molecular flexibility index (Phi) is 2.72. The van der Waals surface area contributed by atoms with Gasteiger partial charge >= 0.3 is 0 Å². The predicted octanol–water partition coefficient (Wildman–Crippen LogP) is 0.988. The van der Waals surface area contributed by atoms with E-state index in [4.69, 9.17) is 5.73 Å². The molecule has 0 amide bonds. The molecule has 0 aliphatic carbocycles. The van der Waals surface area contributed by atoms with Crippen molar-refractivity contribution < 1.29 is 8.42 Å². The van der Waals surface area contributed by atoms with Crippen molar-refractivity contribution in [3.8, 4) is 0 Å². The lowest BCUT2D eigenvalue weighted by Gasteiger charge is -1.99. The molecule has 0 spiro atoms. The second kappa shape index (κ2) is 3.62. The van der Waals surface area contributed by atoms with Crippen molar-refractivity contribution in [3.05, 3.63) is 41.3 Å². The zero-order chi connectivity index (χ0) is 9.90. The summed E-state index contributed by atoms with van der Waals surface area (Å²) in [6.07, 6.45) is 1.11. The third kappa shape index (κ3) is 3.29. The summed E-state index contributed by atoms with van der Waals surface area (Å²) in [5, 5.41) is 1.06. The molecule has 0 bridgehead atoms. The van der Waals surface area contributed by atoms with E-state index >= 15 is 0 Å². The lowest BCUT2D eigenvalue weighted by atomic mass is 10.2. The number of hydrogen-bond acceptors (Lipinski definition) is 3. The molecular weight excluding hydrogens is 186 g/mol. The van der Waals surface area contributed by atoms with Crippen LogP contribution in [0.1, 0.15) is 5.56 Å². The van der Waals surface area contributed by atoms with Crippen LogP contribution in [-0.2, 0) is 9.84 Å². The molecule has 0 aromatic heterocycles. The minimum absolute atomic E-state index is 0.267. The molecular formula is C9H11NO2S. The zero-order valence-corrected chi connectivity index (χ0v) is 8.08. The molecule has 0 atom stereocenters. The fourth-order valence-electron chi connectivity index (χ4n) is 0.929. The fraction of sp³-hybridized carbons (Fsp3) is 0.111. The van der Waals surface area contributed by atoms with Crippen LogP contribution >= 0.6 is 0 Å². The van der Waals surface area contributed by atoms with E-state index in [1.165, 1.54) is 0 Å². The zero-order valence-electron chi connectivity index (χ0n) is 7.27. The standard InChI is InChI=1S/C9H11NO2S/c1-13(11,12)7-9(10)8-5-3-2-4-6-8/h2-7H,10H2,1H3. The Morgan fingerprint density at radius 3 is 2.31 bits per heavy atom. The molecule has 0 radical (unpaired) electrons. The van der Waals surface area contributed by atoms with Gasteiger partial charge in [0.15, 0.2) is 9.84 Å². The Hall–Kier alpha value is -1.29. The average Bonchev–Trinajstić information content (AvgIpc) is 2.03. The molecule has 0 saturated carbocycles. The number of hydrogen-bond donors (Lipinski definition) is 1. The van der Waals surface area contributed by atoms with Crippen LogP contribution in [0.4, 0.5) is 0 Å². The summed E-state index contributed by atoms with van der Waals surface area (Å²) in [6, 6.07) is 8.97. The van der Waals surface area contributed by atoms with Gasteiger partial charge in [0.1, 0.15) is 0 Å². The molecule has 2 N–H and O–H groups in total. The largest absolute Gasteiger partial charge is 0.398 e. The first-order chi connectivity index (χ1) is 5.99. The highest BCUT2D eigenvalue weighted by Gasteiger charge is 2.00. The van der Waals surface area contributed by atoms with Crippen molar-refractivity contribution in [2.75, 3.05) is 6.26 Å². The van der Waals surface area contributed by atoms with Gasteiger partial charge in [0, 0.05) is 6.26 Å². The molecule has 4 heteroatoms. The van der Waals surface area contributed by atoms with Crippen molar-refractivity contribution in [2.24, 2.45) is 5.73 Å². The number of rotatable bonds is 2. The van der Waals surface area contributed by atoms with Crippen LogP contribution < -0.4 is 5.73 Å². The molecule has 0 fully saturated rings. The summed E-state index contributed by atoms with van der Waals surface area (Å²) in [7, 11) is -3.16. The van der Waals surface area contributed by atoms with Gasteiger partial charge < -0.3 is 5.73 Å². The number of nitrogens with two attached hydrogens (primary N) is 1. The van der Waals surface area contributed by atoms with Crippen molar-refractivity contribution >= 4 is 15.5 Å². The van der Waals surface area contributed by atoms with E-state index < -0.39 is 9.84 Å². The van der Waals surface area contributed by atoms with Gasteiger partial charge in [-0.15, -0.1) is 0 Å². The molecule has 0 saturated heterocycles. The molecule has 3 nitrogen and oxygen atoms in total. The predicted molar refractivity (Wildman–Crippen MR) is 53.5 cm³/mol. The van der Waals surface area contributed by atoms with E-state index in [1.807, 2.05) is 6.07 Å². The molecule has 13 heavy (non-hydrogen) atoms. The van der Waals surface area contributed by atoms with Crippen LogP contribution in [0.2, 0.25) is 0 Å². The fourth-order valence-corrected chi connectivity index (χ4v) is 1.53. The van der Waals surface area contributed by atoms with E-state index in [1.54, 1.807) is 24.3 Å². The monoisotopic (exact) mass is 197 g/mol. The first-order valence-electron chi connectivity index (χ1n) is 3.72. The summed E-state index contributed by atoms with van der Waals surface area (Å²) in [6.45, 7) is 0. The quantitative estimate of drug-likeness (QED) is 0.769. The lowest BCUT2D eigenvalue weighted by molar-refractivity contribution is 0.610. The Balaban J connectivity index is 3.06. The van der Waals surface area contributed by atoms with Gasteiger partial charge in [0.2, 0.25) is 0 Å². The minimum atomic E-state index is -3.16. The summed E-state index contributed by atoms with van der Waals surface area (Å²) >= 11 is 0. The van der Waals surface area contributed by atoms with Crippen LogP contribution in [0.3, 0.4) is 0 Å². The Bertz CT molecular complexity index is 407. The summed E-state index contributed by atoms with van der Waals surface area (Å²) in [5.74, 6) is 0. The SMILES string of the molecule is CS(=O)(=O)C=C(N)c1ccccc1. The van der Waals surface area contributed by atoms with Gasteiger partial charge in [-0.3, -0.25) is 0 Å². The molecule has 70 valence electrons. The van der Waals surface area contributed by atoms with Crippen LogP contribution in [0.15, 0.2) is 35.7 Å². The third-order valence-corrected chi connectivity index (χ3v) is 2.13. The molecule has 0 unspecified atom stereocenters. The normalized spacial score (nSPS) is 12.8. The number of sulfone groups is 1. The van der Waals surface area contributed by atoms with Crippen LogP contribution in [-0.4, -0.2) is 14.7 Å². The van der Waals surface area contributed by atoms with Gasteiger partial charge in [0.05, 0.1) is 11.1 Å². The highest BCUT2D eigenvalue weighted by atomic mass is 32.2. The molecule has 0 heterocycles. The van der Waals surface area contributed by atoms with E-state index in [-0.39, 0.29) is 5.70 Å². The smallest absolute Gasteiger partial charge is 0.170 e. The highest BCUT2D eigenvalue weighted by molar-refractivity contribution is 7.93. The average molecular weight is 197 g/mol. The highest BCUT2D eigenvalue weighted by Crippen LogP contribution is 2.08. The van der Waals surface area contributed by atoms with Gasteiger partial charge in [-0.1, -0.05) is 30.3 Å². The van der Waals surface area contributed by atoms with Gasteiger partial charge in [0.25, 0.3) is 0 Å². The van der Waals surface area contributed by atoms with Gasteiger partial charge in [-0.05, 0) is 5.56 Å². The van der Waals surface area contributed by atoms with Crippen molar-refractivity contribution in [2.45, 2.75) is 0 Å². The van der Waals surface area contributed by atoms with E-state index in [0.29, 0.717) is 5.56 Å². The maximum Gasteiger partial charge on any atom is 0.170 e. The van der Waals surface area contributed by atoms with Crippen LogP contribution in [0, 0.1) is 0 Å². The van der Waals surface area contributed by atoms with E-state index in [2.05, 4.69) is 0 Å². The molecule has 0 aliphatic rings. The maximum absolute atomic E-state index is 10.9.